The van der Waals surface area contributed by atoms with Gasteiger partial charge in [0, 0.05) is 29.6 Å². The van der Waals surface area contributed by atoms with E-state index in [-0.39, 0.29) is 5.69 Å². The molecule has 0 unspecified atom stereocenters. The number of thioether (sulfide) groups is 1. The van der Waals surface area contributed by atoms with Crippen LogP contribution in [0.25, 0.3) is 5.70 Å². The van der Waals surface area contributed by atoms with E-state index in [0.717, 1.165) is 35.8 Å². The van der Waals surface area contributed by atoms with Crippen LogP contribution in [0.15, 0.2) is 34.7 Å². The van der Waals surface area contributed by atoms with Gasteiger partial charge in [0.1, 0.15) is 0 Å². The van der Waals surface area contributed by atoms with E-state index >= 15 is 0 Å². The molecular weight excluding hydrogens is 276 g/mol. The first-order valence-corrected chi connectivity index (χ1v) is 7.27. The predicted octanol–water partition coefficient (Wildman–Crippen LogP) is 2.89. The zero-order chi connectivity index (χ0) is 14.4. The lowest BCUT2D eigenvalue weighted by Crippen LogP contribution is -2.37. The molecule has 1 aromatic carbocycles. The van der Waals surface area contributed by atoms with Crippen LogP contribution in [-0.2, 0) is 0 Å². The quantitative estimate of drug-likeness (QED) is 0.495. The number of nitrogens with one attached hydrogen (secondary N) is 2. The van der Waals surface area contributed by atoms with Crippen molar-refractivity contribution < 1.29 is 4.92 Å². The van der Waals surface area contributed by atoms with Gasteiger partial charge in [-0.1, -0.05) is 37.2 Å². The maximum absolute atomic E-state index is 10.8. The van der Waals surface area contributed by atoms with Gasteiger partial charge in [0.25, 0.3) is 5.69 Å². The topological polar surface area (TPSA) is 79.6 Å². The first-order chi connectivity index (χ1) is 9.70. The fourth-order valence-corrected chi connectivity index (χ4v) is 2.34. The van der Waals surface area contributed by atoms with Gasteiger partial charge in [-0.3, -0.25) is 26.0 Å². The molecule has 1 heterocycles. The normalized spacial score (nSPS) is 16.2. The molecule has 0 saturated carbocycles. The van der Waals surface area contributed by atoms with Crippen molar-refractivity contribution in [2.75, 3.05) is 6.54 Å². The molecule has 7 heteroatoms. The van der Waals surface area contributed by atoms with E-state index in [9.17, 15) is 10.1 Å². The van der Waals surface area contributed by atoms with E-state index < -0.39 is 4.92 Å². The zero-order valence-electron chi connectivity index (χ0n) is 11.1. The summed E-state index contributed by atoms with van der Waals surface area (Å²) in [7, 11) is 0. The molecule has 0 bridgehead atoms. The van der Waals surface area contributed by atoms with Crippen LogP contribution in [0.1, 0.15) is 25.3 Å². The Kier molecular flexibility index (Phi) is 5.00. The Labute approximate surface area is 121 Å². The average molecular weight is 292 g/mol. The minimum absolute atomic E-state index is 0.0811. The Morgan fingerprint density at radius 1 is 1.40 bits per heavy atom. The van der Waals surface area contributed by atoms with Crippen LogP contribution in [0.2, 0.25) is 0 Å². The van der Waals surface area contributed by atoms with E-state index in [1.54, 1.807) is 12.1 Å². The summed E-state index contributed by atoms with van der Waals surface area (Å²) in [5.41, 5.74) is 7.67. The van der Waals surface area contributed by atoms with Gasteiger partial charge in [-0.05, 0) is 6.42 Å². The van der Waals surface area contributed by atoms with Crippen molar-refractivity contribution >= 4 is 28.3 Å². The highest BCUT2D eigenvalue weighted by Crippen LogP contribution is 2.23. The minimum Gasteiger partial charge on any atom is -0.298 e. The molecule has 0 amide bonds. The maximum Gasteiger partial charge on any atom is 0.270 e. The molecule has 1 aliphatic heterocycles. The Balaban J connectivity index is 2.06. The molecular formula is C13H16N4O2S. The number of nitro benzene ring substituents is 1. The second-order valence-corrected chi connectivity index (χ2v) is 5.11. The molecule has 0 spiro atoms. The Morgan fingerprint density at radius 2 is 2.25 bits per heavy atom. The molecule has 2 N–H and O–H groups in total. The van der Waals surface area contributed by atoms with Crippen molar-refractivity contribution in [1.29, 1.82) is 0 Å². The summed E-state index contributed by atoms with van der Waals surface area (Å²) in [4.78, 5) is 14.8. The lowest BCUT2D eigenvalue weighted by atomic mass is 10.1. The van der Waals surface area contributed by atoms with Gasteiger partial charge < -0.3 is 0 Å². The zero-order valence-corrected chi connectivity index (χ0v) is 11.9. The number of hydrazine groups is 1. The highest BCUT2D eigenvalue weighted by Gasteiger charge is 2.12. The molecule has 0 radical (unpaired) electrons. The molecule has 20 heavy (non-hydrogen) atoms. The standard InChI is InChI=1S/C13H16N4O2S/c1-2-3-7-14-13-16-15-12(9-20-13)10-5-4-6-11(8-10)17(18)19/h4-6,8-9,15H,2-3,7H2,1H3,(H,14,16). The van der Waals surface area contributed by atoms with E-state index in [1.165, 1.54) is 17.8 Å². The van der Waals surface area contributed by atoms with Crippen LogP contribution in [0.3, 0.4) is 0 Å². The van der Waals surface area contributed by atoms with Crippen LogP contribution in [-0.4, -0.2) is 16.6 Å². The van der Waals surface area contributed by atoms with Crippen LogP contribution in [0.5, 0.6) is 0 Å². The highest BCUT2D eigenvalue weighted by molar-refractivity contribution is 8.16. The van der Waals surface area contributed by atoms with Crippen molar-refractivity contribution in [3.63, 3.8) is 0 Å². The first kappa shape index (κ1) is 14.4. The van der Waals surface area contributed by atoms with Gasteiger partial charge in [0.2, 0.25) is 0 Å². The smallest absolute Gasteiger partial charge is 0.270 e. The number of aliphatic imine (C=N–C) groups is 1. The number of rotatable bonds is 5. The molecule has 2 rings (SSSR count). The van der Waals surface area contributed by atoms with Crippen molar-refractivity contribution in [3.05, 3.63) is 45.4 Å². The van der Waals surface area contributed by atoms with Crippen LogP contribution < -0.4 is 10.9 Å². The molecule has 0 aliphatic carbocycles. The molecule has 106 valence electrons. The molecule has 0 aromatic heterocycles. The Bertz CT molecular complexity index is 557. The van der Waals surface area contributed by atoms with Gasteiger partial charge in [-0.25, -0.2) is 0 Å². The van der Waals surface area contributed by atoms with E-state index in [0.29, 0.717) is 0 Å². The fourth-order valence-electron chi connectivity index (χ4n) is 1.64. The number of hydrogen-bond acceptors (Lipinski definition) is 5. The van der Waals surface area contributed by atoms with Crippen molar-refractivity contribution in [3.8, 4) is 0 Å². The lowest BCUT2D eigenvalue weighted by Gasteiger charge is -2.18. The van der Waals surface area contributed by atoms with Gasteiger partial charge in [0.15, 0.2) is 5.17 Å². The number of nitrogens with zero attached hydrogens (tertiary/aromatic N) is 2. The Morgan fingerprint density at radius 3 is 2.90 bits per heavy atom. The van der Waals surface area contributed by atoms with Crippen molar-refractivity contribution in [1.82, 2.24) is 10.9 Å². The maximum atomic E-state index is 10.8. The Hall–Kier alpha value is -2.02. The summed E-state index contributed by atoms with van der Waals surface area (Å²) >= 11 is 1.48. The highest BCUT2D eigenvalue weighted by atomic mass is 32.2. The second kappa shape index (κ2) is 6.95. The largest absolute Gasteiger partial charge is 0.298 e. The number of amidine groups is 1. The molecule has 0 saturated heterocycles. The van der Waals surface area contributed by atoms with Gasteiger partial charge in [-0.2, -0.15) is 0 Å². The summed E-state index contributed by atoms with van der Waals surface area (Å²) in [6.07, 6.45) is 2.18. The molecule has 1 aromatic rings. The van der Waals surface area contributed by atoms with Crippen molar-refractivity contribution in [2.45, 2.75) is 19.8 Å². The monoisotopic (exact) mass is 292 g/mol. The van der Waals surface area contributed by atoms with Crippen LogP contribution in [0, 0.1) is 10.1 Å². The predicted molar refractivity (Wildman–Crippen MR) is 82.1 cm³/mol. The third kappa shape index (κ3) is 3.74. The summed E-state index contributed by atoms with van der Waals surface area (Å²) in [5, 5.41) is 13.5. The number of hydrogen-bond donors (Lipinski definition) is 2. The summed E-state index contributed by atoms with van der Waals surface area (Å²) in [6, 6.07) is 6.52. The van der Waals surface area contributed by atoms with Crippen molar-refractivity contribution in [2.24, 2.45) is 4.99 Å². The number of benzene rings is 1. The average Bonchev–Trinajstić information content (AvgIpc) is 2.48. The molecule has 6 nitrogen and oxygen atoms in total. The number of non-ortho nitro benzene ring substituents is 1. The van der Waals surface area contributed by atoms with E-state index in [4.69, 9.17) is 0 Å². The molecule has 0 atom stereocenters. The second-order valence-electron chi connectivity index (χ2n) is 4.25. The SMILES string of the molecule is CCCCN=C1NNC(c2cccc([N+](=O)[O-])c2)=CS1. The third-order valence-electron chi connectivity index (χ3n) is 2.73. The number of nitro groups is 1. The minimum atomic E-state index is -0.398. The summed E-state index contributed by atoms with van der Waals surface area (Å²) in [6.45, 7) is 2.92. The molecule has 0 fully saturated rings. The van der Waals surface area contributed by atoms with Crippen LogP contribution >= 0.6 is 11.8 Å². The summed E-state index contributed by atoms with van der Waals surface area (Å²) in [5.74, 6) is 0. The van der Waals surface area contributed by atoms with Gasteiger partial charge in [-0.15, -0.1) is 0 Å². The lowest BCUT2D eigenvalue weighted by molar-refractivity contribution is -0.384. The van der Waals surface area contributed by atoms with Crippen LogP contribution in [0.4, 0.5) is 5.69 Å². The number of unbranched alkanes of at least 4 members (excludes halogenated alkanes) is 1. The van der Waals surface area contributed by atoms with Gasteiger partial charge in [0.05, 0.1) is 10.6 Å². The van der Waals surface area contributed by atoms with E-state index in [1.807, 2.05) is 11.5 Å². The molecule has 1 aliphatic rings. The summed E-state index contributed by atoms with van der Waals surface area (Å²) < 4.78 is 0. The first-order valence-electron chi connectivity index (χ1n) is 6.39. The van der Waals surface area contributed by atoms with E-state index in [2.05, 4.69) is 22.8 Å². The van der Waals surface area contributed by atoms with Gasteiger partial charge >= 0.3 is 0 Å². The fraction of sp³-hybridized carbons (Fsp3) is 0.308. The third-order valence-corrected chi connectivity index (χ3v) is 3.54.